The van der Waals surface area contributed by atoms with Gasteiger partial charge in [-0.05, 0) is 25.3 Å². The summed E-state index contributed by atoms with van der Waals surface area (Å²) in [5.41, 5.74) is 0.491. The molecule has 24 heavy (non-hydrogen) atoms. The first kappa shape index (κ1) is 16.6. The van der Waals surface area contributed by atoms with Crippen molar-refractivity contribution in [1.82, 2.24) is 14.9 Å². The van der Waals surface area contributed by atoms with Crippen LogP contribution in [0.4, 0.5) is 0 Å². The van der Waals surface area contributed by atoms with Crippen molar-refractivity contribution in [3.63, 3.8) is 0 Å². The third kappa shape index (κ3) is 2.93. The first-order valence-electron chi connectivity index (χ1n) is 7.93. The molecule has 2 aromatic rings. The fraction of sp³-hybridized carbons (Fsp3) is 0.500. The number of amides is 1. The second kappa shape index (κ2) is 6.72. The summed E-state index contributed by atoms with van der Waals surface area (Å²) in [5, 5.41) is 2.87. The van der Waals surface area contributed by atoms with Gasteiger partial charge in [-0.3, -0.25) is 14.2 Å². The quantitative estimate of drug-likeness (QED) is 0.846. The highest BCUT2D eigenvalue weighted by Gasteiger charge is 2.23. The summed E-state index contributed by atoms with van der Waals surface area (Å²) in [6.07, 6.45) is 3.85. The third-order valence-electron chi connectivity index (χ3n) is 4.21. The lowest BCUT2D eigenvalue weighted by Crippen LogP contribution is -2.25. The van der Waals surface area contributed by atoms with Crippen LogP contribution in [0.25, 0.3) is 10.2 Å². The van der Waals surface area contributed by atoms with Crippen LogP contribution in [0.3, 0.4) is 0 Å². The van der Waals surface area contributed by atoms with Gasteiger partial charge in [0.05, 0.1) is 5.39 Å². The van der Waals surface area contributed by atoms with E-state index < -0.39 is 5.97 Å². The van der Waals surface area contributed by atoms with Crippen molar-refractivity contribution >= 4 is 33.4 Å². The average molecular weight is 349 g/mol. The van der Waals surface area contributed by atoms with Crippen molar-refractivity contribution < 1.29 is 14.3 Å². The van der Waals surface area contributed by atoms with E-state index in [0.29, 0.717) is 27.2 Å². The highest BCUT2D eigenvalue weighted by Crippen LogP contribution is 2.28. The Hall–Kier alpha value is -2.22. The Balaban J connectivity index is 2.02. The van der Waals surface area contributed by atoms with Gasteiger partial charge in [0.25, 0.3) is 11.5 Å². The molecule has 0 aliphatic carbocycles. The lowest BCUT2D eigenvalue weighted by molar-refractivity contribution is -0.123. The molecule has 0 atom stereocenters. The highest BCUT2D eigenvalue weighted by molar-refractivity contribution is 7.20. The number of nitrogens with zero attached hydrogens (tertiary/aromatic N) is 2. The number of carbonyl (C=O) groups is 2. The summed E-state index contributed by atoms with van der Waals surface area (Å²) in [7, 11) is 1.47. The molecule has 0 spiro atoms. The molecule has 0 unspecified atom stereocenters. The molecule has 2 aromatic heterocycles. The number of nitrogens with one attached hydrogen (secondary N) is 1. The van der Waals surface area contributed by atoms with Crippen molar-refractivity contribution in [3.05, 3.63) is 26.6 Å². The minimum Gasteiger partial charge on any atom is -0.451 e. The average Bonchev–Trinajstić information content (AvgIpc) is 2.74. The molecule has 3 heterocycles. The van der Waals surface area contributed by atoms with E-state index in [1.54, 1.807) is 11.5 Å². The SMILES string of the molecule is CNC(=O)COC(=O)c1sc2nc3n(c(=O)c2c1C)CCCCC3. The van der Waals surface area contributed by atoms with Crippen LogP contribution in [0.5, 0.6) is 0 Å². The van der Waals surface area contributed by atoms with Gasteiger partial charge in [-0.15, -0.1) is 11.3 Å². The summed E-state index contributed by atoms with van der Waals surface area (Å²) in [6.45, 7) is 2.05. The van der Waals surface area contributed by atoms with Gasteiger partial charge < -0.3 is 10.1 Å². The lowest BCUT2D eigenvalue weighted by Gasteiger charge is -2.08. The minimum absolute atomic E-state index is 0.0870. The Morgan fingerprint density at radius 2 is 2.12 bits per heavy atom. The Bertz CT molecular complexity index is 868. The molecule has 1 aliphatic heterocycles. The number of aryl methyl sites for hydroxylation is 2. The topological polar surface area (TPSA) is 90.3 Å². The zero-order valence-corrected chi connectivity index (χ0v) is 14.5. The smallest absolute Gasteiger partial charge is 0.349 e. The second-order valence-electron chi connectivity index (χ2n) is 5.78. The molecule has 3 rings (SSSR count). The van der Waals surface area contributed by atoms with E-state index in [4.69, 9.17) is 4.74 Å². The molecular formula is C16H19N3O4S. The largest absolute Gasteiger partial charge is 0.451 e. The number of aromatic nitrogens is 2. The first-order chi connectivity index (χ1) is 11.5. The predicted octanol–water partition coefficient (Wildman–Crippen LogP) is 1.40. The molecule has 0 radical (unpaired) electrons. The molecule has 8 heteroatoms. The number of hydrogen-bond donors (Lipinski definition) is 1. The third-order valence-corrected chi connectivity index (χ3v) is 5.38. The van der Waals surface area contributed by atoms with E-state index in [1.165, 1.54) is 7.05 Å². The number of esters is 1. The molecule has 1 amide bonds. The van der Waals surface area contributed by atoms with E-state index in [2.05, 4.69) is 10.3 Å². The molecule has 1 N–H and O–H groups in total. The number of rotatable bonds is 3. The number of ether oxygens (including phenoxy) is 1. The van der Waals surface area contributed by atoms with E-state index >= 15 is 0 Å². The van der Waals surface area contributed by atoms with Crippen LogP contribution < -0.4 is 10.9 Å². The van der Waals surface area contributed by atoms with Crippen molar-refractivity contribution in [1.29, 1.82) is 0 Å². The zero-order valence-electron chi connectivity index (χ0n) is 13.7. The van der Waals surface area contributed by atoms with Crippen LogP contribution in [0, 0.1) is 6.92 Å². The first-order valence-corrected chi connectivity index (χ1v) is 8.75. The Morgan fingerprint density at radius 1 is 1.33 bits per heavy atom. The summed E-state index contributed by atoms with van der Waals surface area (Å²) in [6, 6.07) is 0. The minimum atomic E-state index is -0.598. The van der Waals surface area contributed by atoms with Crippen LogP contribution in [-0.4, -0.2) is 35.1 Å². The van der Waals surface area contributed by atoms with Crippen molar-refractivity contribution in [2.75, 3.05) is 13.7 Å². The van der Waals surface area contributed by atoms with Gasteiger partial charge in [0.2, 0.25) is 0 Å². The van der Waals surface area contributed by atoms with Crippen molar-refractivity contribution in [2.45, 2.75) is 39.2 Å². The predicted molar refractivity (Wildman–Crippen MR) is 90.5 cm³/mol. The van der Waals surface area contributed by atoms with Gasteiger partial charge in [-0.25, -0.2) is 9.78 Å². The molecule has 0 fully saturated rings. The van der Waals surface area contributed by atoms with Gasteiger partial charge in [-0.1, -0.05) is 6.42 Å². The molecule has 128 valence electrons. The summed E-state index contributed by atoms with van der Waals surface area (Å²) < 4.78 is 6.73. The maximum atomic E-state index is 12.8. The monoisotopic (exact) mass is 349 g/mol. The fourth-order valence-electron chi connectivity index (χ4n) is 2.87. The van der Waals surface area contributed by atoms with Crippen LogP contribution in [0.1, 0.15) is 40.3 Å². The van der Waals surface area contributed by atoms with Gasteiger partial charge in [0, 0.05) is 20.0 Å². The molecule has 0 aromatic carbocycles. The van der Waals surface area contributed by atoms with Crippen LogP contribution >= 0.6 is 11.3 Å². The Kier molecular flexibility index (Phi) is 4.66. The summed E-state index contributed by atoms with van der Waals surface area (Å²) in [4.78, 5) is 41.7. The second-order valence-corrected chi connectivity index (χ2v) is 6.78. The van der Waals surface area contributed by atoms with Crippen LogP contribution in [0.2, 0.25) is 0 Å². The van der Waals surface area contributed by atoms with Gasteiger partial charge >= 0.3 is 5.97 Å². The fourth-order valence-corrected chi connectivity index (χ4v) is 3.96. The van der Waals surface area contributed by atoms with E-state index in [0.717, 1.165) is 42.8 Å². The molecule has 1 aliphatic rings. The van der Waals surface area contributed by atoms with Crippen LogP contribution in [-0.2, 0) is 22.5 Å². The molecular weight excluding hydrogens is 330 g/mol. The number of fused-ring (bicyclic) bond motifs is 2. The highest BCUT2D eigenvalue weighted by atomic mass is 32.1. The summed E-state index contributed by atoms with van der Waals surface area (Å²) >= 11 is 1.15. The lowest BCUT2D eigenvalue weighted by atomic mass is 10.2. The number of hydrogen-bond acceptors (Lipinski definition) is 6. The molecule has 0 saturated carbocycles. The van der Waals surface area contributed by atoms with Gasteiger partial charge in [0.1, 0.15) is 15.5 Å². The number of likely N-dealkylation sites (N-methyl/N-ethyl adjacent to an activating group) is 1. The Labute approximate surface area is 142 Å². The van der Waals surface area contributed by atoms with E-state index in [1.807, 2.05) is 0 Å². The molecule has 0 bridgehead atoms. The summed E-state index contributed by atoms with van der Waals surface area (Å²) in [5.74, 6) is -0.192. The van der Waals surface area contributed by atoms with Crippen molar-refractivity contribution in [2.24, 2.45) is 0 Å². The number of thiophene rings is 1. The molecule has 0 saturated heterocycles. The standard InChI is InChI=1S/C16H19N3O4S/c1-9-12-14(24-13(9)16(22)23-8-11(20)17-2)18-10-6-4-3-5-7-19(10)15(12)21/h3-8H2,1-2H3,(H,17,20). The maximum absolute atomic E-state index is 12.8. The maximum Gasteiger partial charge on any atom is 0.349 e. The van der Waals surface area contributed by atoms with Gasteiger partial charge in [-0.2, -0.15) is 0 Å². The van der Waals surface area contributed by atoms with E-state index in [-0.39, 0.29) is 18.1 Å². The van der Waals surface area contributed by atoms with E-state index in [9.17, 15) is 14.4 Å². The normalized spacial score (nSPS) is 14.1. The number of carbonyl (C=O) groups excluding carboxylic acids is 2. The Morgan fingerprint density at radius 3 is 2.88 bits per heavy atom. The van der Waals surface area contributed by atoms with Crippen molar-refractivity contribution in [3.8, 4) is 0 Å². The zero-order chi connectivity index (χ0) is 17.3. The van der Waals surface area contributed by atoms with Gasteiger partial charge in [0.15, 0.2) is 6.61 Å². The molecule has 7 nitrogen and oxygen atoms in total. The van der Waals surface area contributed by atoms with Crippen LogP contribution in [0.15, 0.2) is 4.79 Å².